The lowest BCUT2D eigenvalue weighted by molar-refractivity contribution is 0.508. The molecule has 2 aromatic rings. The molecule has 1 unspecified atom stereocenters. The molecule has 1 atom stereocenters. The first-order chi connectivity index (χ1) is 9.76. The van der Waals surface area contributed by atoms with Crippen molar-refractivity contribution >= 4 is 27.7 Å². The molecule has 0 radical (unpaired) electrons. The van der Waals surface area contributed by atoms with Gasteiger partial charge in [-0.25, -0.2) is 0 Å². The van der Waals surface area contributed by atoms with Crippen LogP contribution in [0.25, 0.3) is 0 Å². The maximum atomic E-state index is 5.72. The van der Waals surface area contributed by atoms with Crippen molar-refractivity contribution in [2.45, 2.75) is 30.8 Å². The van der Waals surface area contributed by atoms with Gasteiger partial charge >= 0.3 is 0 Å². The minimum atomic E-state index is 0.0844. The number of halogens is 1. The summed E-state index contributed by atoms with van der Waals surface area (Å²) >= 11 is 5.34. The van der Waals surface area contributed by atoms with E-state index in [1.807, 2.05) is 29.1 Å². The SMILES string of the molecule is CCCn1nccc1C(CSc1ccccc1Br)NN. The van der Waals surface area contributed by atoms with E-state index >= 15 is 0 Å². The summed E-state index contributed by atoms with van der Waals surface area (Å²) < 4.78 is 3.13. The molecule has 0 saturated carbocycles. The summed E-state index contributed by atoms with van der Waals surface area (Å²) in [5.74, 6) is 6.57. The van der Waals surface area contributed by atoms with Gasteiger partial charge in [-0.2, -0.15) is 5.10 Å². The number of benzene rings is 1. The molecule has 0 saturated heterocycles. The summed E-state index contributed by atoms with van der Waals surface area (Å²) in [6, 6.07) is 10.3. The Bertz CT molecular complexity index is 543. The first-order valence-corrected chi connectivity index (χ1v) is 8.39. The zero-order chi connectivity index (χ0) is 14.4. The summed E-state index contributed by atoms with van der Waals surface area (Å²) in [4.78, 5) is 1.22. The molecular formula is C14H19BrN4S. The third-order valence-electron chi connectivity index (χ3n) is 2.99. The highest BCUT2D eigenvalue weighted by Crippen LogP contribution is 2.30. The van der Waals surface area contributed by atoms with Crippen LogP contribution in [0.3, 0.4) is 0 Å². The Morgan fingerprint density at radius 1 is 1.40 bits per heavy atom. The highest BCUT2D eigenvalue weighted by atomic mass is 79.9. The average Bonchev–Trinajstić information content (AvgIpc) is 2.90. The van der Waals surface area contributed by atoms with E-state index in [9.17, 15) is 0 Å². The average molecular weight is 355 g/mol. The molecule has 0 spiro atoms. The number of rotatable bonds is 7. The van der Waals surface area contributed by atoms with Gasteiger partial charge in [0, 0.05) is 27.9 Å². The van der Waals surface area contributed by atoms with E-state index in [2.05, 4.69) is 45.5 Å². The van der Waals surface area contributed by atoms with Crippen molar-refractivity contribution in [2.24, 2.45) is 5.84 Å². The Balaban J connectivity index is 2.06. The Morgan fingerprint density at radius 3 is 2.90 bits per heavy atom. The lowest BCUT2D eigenvalue weighted by Crippen LogP contribution is -2.31. The lowest BCUT2D eigenvalue weighted by Gasteiger charge is -2.17. The van der Waals surface area contributed by atoms with Gasteiger partial charge in [-0.1, -0.05) is 19.1 Å². The molecular weight excluding hydrogens is 336 g/mol. The topological polar surface area (TPSA) is 55.9 Å². The molecule has 2 rings (SSSR count). The third kappa shape index (κ3) is 3.85. The maximum Gasteiger partial charge on any atom is 0.0722 e. The fraction of sp³-hybridized carbons (Fsp3) is 0.357. The summed E-state index contributed by atoms with van der Waals surface area (Å²) in [5.41, 5.74) is 4.03. The molecule has 6 heteroatoms. The highest BCUT2D eigenvalue weighted by Gasteiger charge is 2.15. The van der Waals surface area contributed by atoms with Gasteiger partial charge in [0.05, 0.1) is 11.7 Å². The number of hydrogen-bond donors (Lipinski definition) is 2. The lowest BCUT2D eigenvalue weighted by atomic mass is 10.2. The number of nitrogens with two attached hydrogens (primary N) is 1. The Labute approximate surface area is 132 Å². The van der Waals surface area contributed by atoms with Crippen LogP contribution in [0.15, 0.2) is 45.9 Å². The minimum absolute atomic E-state index is 0.0844. The van der Waals surface area contributed by atoms with Crippen LogP contribution in [-0.2, 0) is 6.54 Å². The van der Waals surface area contributed by atoms with E-state index < -0.39 is 0 Å². The molecule has 0 aliphatic rings. The fourth-order valence-corrected chi connectivity index (χ4v) is 3.61. The molecule has 20 heavy (non-hydrogen) atoms. The standard InChI is InChI=1S/C14H19BrN4S/c1-2-9-19-13(7-8-17-19)12(18-16)10-20-14-6-4-3-5-11(14)15/h3-8,12,18H,2,9-10,16H2,1H3. The number of aryl methyl sites for hydroxylation is 1. The van der Waals surface area contributed by atoms with Gasteiger partial charge < -0.3 is 0 Å². The maximum absolute atomic E-state index is 5.72. The zero-order valence-electron chi connectivity index (χ0n) is 11.4. The smallest absolute Gasteiger partial charge is 0.0722 e. The number of thioether (sulfide) groups is 1. The van der Waals surface area contributed by atoms with Crippen molar-refractivity contribution in [3.8, 4) is 0 Å². The first-order valence-electron chi connectivity index (χ1n) is 6.61. The van der Waals surface area contributed by atoms with Crippen LogP contribution in [0.2, 0.25) is 0 Å². The fourth-order valence-electron chi connectivity index (χ4n) is 1.99. The predicted octanol–water partition coefficient (Wildman–Crippen LogP) is 3.35. The van der Waals surface area contributed by atoms with Crippen LogP contribution in [-0.4, -0.2) is 15.5 Å². The number of hydrogen-bond acceptors (Lipinski definition) is 4. The van der Waals surface area contributed by atoms with Crippen molar-refractivity contribution in [1.29, 1.82) is 0 Å². The normalized spacial score (nSPS) is 12.6. The molecule has 0 aliphatic heterocycles. The van der Waals surface area contributed by atoms with Gasteiger partial charge in [0.2, 0.25) is 0 Å². The van der Waals surface area contributed by atoms with Gasteiger partial charge in [-0.05, 0) is 40.5 Å². The molecule has 4 nitrogen and oxygen atoms in total. The molecule has 108 valence electrons. The van der Waals surface area contributed by atoms with Gasteiger partial charge in [0.1, 0.15) is 0 Å². The van der Waals surface area contributed by atoms with Gasteiger partial charge in [-0.3, -0.25) is 16.0 Å². The summed E-state index contributed by atoms with van der Waals surface area (Å²) in [7, 11) is 0. The van der Waals surface area contributed by atoms with E-state index in [0.29, 0.717) is 0 Å². The Morgan fingerprint density at radius 2 is 2.20 bits per heavy atom. The number of hydrazine groups is 1. The van der Waals surface area contributed by atoms with E-state index in [1.165, 1.54) is 4.90 Å². The Kier molecular flexibility index (Phi) is 6.09. The van der Waals surface area contributed by atoms with Crippen LogP contribution in [0, 0.1) is 0 Å². The van der Waals surface area contributed by atoms with Crippen LogP contribution in [0.4, 0.5) is 0 Å². The molecule has 0 fully saturated rings. The van der Waals surface area contributed by atoms with E-state index in [0.717, 1.165) is 28.9 Å². The summed E-state index contributed by atoms with van der Waals surface area (Å²) in [6.45, 7) is 3.06. The zero-order valence-corrected chi connectivity index (χ0v) is 13.8. The minimum Gasteiger partial charge on any atom is -0.271 e. The highest BCUT2D eigenvalue weighted by molar-refractivity contribution is 9.10. The van der Waals surface area contributed by atoms with Crippen LogP contribution in [0.1, 0.15) is 25.1 Å². The molecule has 0 aliphatic carbocycles. The number of nitrogens with zero attached hydrogens (tertiary/aromatic N) is 2. The van der Waals surface area contributed by atoms with E-state index in [4.69, 9.17) is 5.84 Å². The van der Waals surface area contributed by atoms with Gasteiger partial charge in [-0.15, -0.1) is 11.8 Å². The van der Waals surface area contributed by atoms with E-state index in [1.54, 1.807) is 11.8 Å². The van der Waals surface area contributed by atoms with Crippen molar-refractivity contribution in [2.75, 3.05) is 5.75 Å². The van der Waals surface area contributed by atoms with Gasteiger partial charge in [0.25, 0.3) is 0 Å². The van der Waals surface area contributed by atoms with Crippen molar-refractivity contribution in [3.05, 3.63) is 46.7 Å². The third-order valence-corrected chi connectivity index (χ3v) is 5.11. The van der Waals surface area contributed by atoms with Crippen LogP contribution in [0.5, 0.6) is 0 Å². The monoisotopic (exact) mass is 354 g/mol. The predicted molar refractivity (Wildman–Crippen MR) is 87.4 cm³/mol. The first kappa shape index (κ1) is 15.6. The van der Waals surface area contributed by atoms with Gasteiger partial charge in [0.15, 0.2) is 0 Å². The molecule has 1 aromatic heterocycles. The Hall–Kier alpha value is -0.820. The summed E-state index contributed by atoms with van der Waals surface area (Å²) in [5, 5.41) is 4.35. The van der Waals surface area contributed by atoms with Crippen molar-refractivity contribution in [1.82, 2.24) is 15.2 Å². The van der Waals surface area contributed by atoms with E-state index in [-0.39, 0.29) is 6.04 Å². The second-order valence-electron chi connectivity index (χ2n) is 4.44. The summed E-state index contributed by atoms with van der Waals surface area (Å²) in [6.07, 6.45) is 2.89. The van der Waals surface area contributed by atoms with Crippen LogP contribution < -0.4 is 11.3 Å². The molecule has 1 heterocycles. The van der Waals surface area contributed by atoms with Crippen molar-refractivity contribution in [3.63, 3.8) is 0 Å². The molecule has 1 aromatic carbocycles. The largest absolute Gasteiger partial charge is 0.271 e. The van der Waals surface area contributed by atoms with Crippen molar-refractivity contribution < 1.29 is 0 Å². The second-order valence-corrected chi connectivity index (χ2v) is 6.36. The molecule has 0 bridgehead atoms. The number of aromatic nitrogens is 2. The molecule has 3 N–H and O–H groups in total. The second kappa shape index (κ2) is 7.83. The molecule has 0 amide bonds. The number of nitrogens with one attached hydrogen (secondary N) is 1. The quantitative estimate of drug-likeness (QED) is 0.454. The van der Waals surface area contributed by atoms with Crippen LogP contribution >= 0.6 is 27.7 Å².